The lowest BCUT2D eigenvalue weighted by molar-refractivity contribution is 1.33. The van der Waals surface area contributed by atoms with Crippen molar-refractivity contribution in [3.63, 3.8) is 0 Å². The maximum absolute atomic E-state index is 9.23. The van der Waals surface area contributed by atoms with Crippen molar-refractivity contribution in [2.24, 2.45) is 10.1 Å². The first-order valence-corrected chi connectivity index (χ1v) is 10.4. The SMILES string of the molecule is [C-]#[N+]/N=c1/c2ccccc2c2nc3cc4nc5c(=NC#N)c6ccccc6c5nc4cc3nc12. The van der Waals surface area contributed by atoms with Crippen molar-refractivity contribution in [3.05, 3.63) is 82.9 Å². The number of fused-ring (bicyclic) bond motifs is 8. The van der Waals surface area contributed by atoms with E-state index in [9.17, 15) is 5.26 Å². The molecule has 8 heteroatoms. The van der Waals surface area contributed by atoms with Gasteiger partial charge in [0.15, 0.2) is 5.36 Å². The predicted molar refractivity (Wildman–Crippen MR) is 128 cm³/mol. The molecule has 0 atom stereocenters. The highest BCUT2D eigenvalue weighted by Crippen LogP contribution is 2.28. The van der Waals surface area contributed by atoms with E-state index in [1.54, 1.807) is 0 Å². The van der Waals surface area contributed by atoms with Crippen molar-refractivity contribution in [2.45, 2.75) is 0 Å². The third-order valence-corrected chi connectivity index (χ3v) is 6.08. The lowest BCUT2D eigenvalue weighted by Gasteiger charge is -2.02. The third-order valence-electron chi connectivity index (χ3n) is 6.08. The molecule has 2 heterocycles. The van der Waals surface area contributed by atoms with Crippen molar-refractivity contribution < 1.29 is 0 Å². The minimum atomic E-state index is 0.525. The quantitative estimate of drug-likeness (QED) is 0.154. The van der Waals surface area contributed by atoms with Crippen LogP contribution in [0.3, 0.4) is 0 Å². The molecule has 8 nitrogen and oxygen atoms in total. The second-order valence-electron chi connectivity index (χ2n) is 7.87. The average molecular weight is 434 g/mol. The summed E-state index contributed by atoms with van der Waals surface area (Å²) in [6.45, 7) is 7.24. The summed E-state index contributed by atoms with van der Waals surface area (Å²) in [6.07, 6.45) is 1.89. The van der Waals surface area contributed by atoms with E-state index in [0.717, 1.165) is 21.5 Å². The van der Waals surface area contributed by atoms with Gasteiger partial charge in [-0.3, -0.25) is 0 Å². The van der Waals surface area contributed by atoms with Gasteiger partial charge in [-0.05, 0) is 12.1 Å². The number of nitriles is 1. The van der Waals surface area contributed by atoms with Crippen molar-refractivity contribution >= 4 is 65.7 Å². The van der Waals surface area contributed by atoms with Gasteiger partial charge >= 0.3 is 0 Å². The van der Waals surface area contributed by atoms with Gasteiger partial charge in [-0.1, -0.05) is 48.5 Å². The van der Waals surface area contributed by atoms with Crippen LogP contribution in [0, 0.1) is 18.0 Å². The van der Waals surface area contributed by atoms with Gasteiger partial charge in [0.05, 0.1) is 38.2 Å². The lowest BCUT2D eigenvalue weighted by atomic mass is 10.2. The Hall–Kier alpha value is -5.34. The zero-order valence-corrected chi connectivity index (χ0v) is 17.4. The predicted octanol–water partition coefficient (Wildman–Crippen LogP) is 4.18. The van der Waals surface area contributed by atoms with E-state index in [1.807, 2.05) is 66.9 Å². The van der Waals surface area contributed by atoms with Crippen LogP contribution in [-0.2, 0) is 0 Å². The van der Waals surface area contributed by atoms with Crippen LogP contribution in [0.4, 0.5) is 0 Å². The molecule has 0 saturated heterocycles. The maximum atomic E-state index is 9.23. The lowest BCUT2D eigenvalue weighted by Crippen LogP contribution is -2.01. The highest BCUT2D eigenvalue weighted by atomic mass is 15.2. The molecule has 0 N–H and O–H groups in total. The van der Waals surface area contributed by atoms with E-state index in [4.69, 9.17) is 26.5 Å². The molecule has 0 aliphatic heterocycles. The Balaban J connectivity index is 1.65. The molecule has 7 aromatic rings. The fourth-order valence-corrected chi connectivity index (χ4v) is 4.67. The second kappa shape index (κ2) is 6.58. The normalized spacial score (nSPS) is 13.0. The molecule has 0 aliphatic rings. The number of nitrogens with zero attached hydrogens (tertiary/aromatic N) is 8. The van der Waals surface area contributed by atoms with Gasteiger partial charge in [0.1, 0.15) is 16.4 Å². The number of benzene rings is 3. The Bertz CT molecular complexity index is 2040. The van der Waals surface area contributed by atoms with Crippen LogP contribution < -0.4 is 10.7 Å². The molecule has 0 spiro atoms. The molecule has 0 fully saturated rings. The Labute approximate surface area is 190 Å². The fraction of sp³-hybridized carbons (Fsp3) is 0. The molecule has 0 unspecified atom stereocenters. The van der Waals surface area contributed by atoms with Gasteiger partial charge in [0.25, 0.3) is 0 Å². The van der Waals surface area contributed by atoms with Crippen LogP contribution in [0.2, 0.25) is 0 Å². The number of rotatable bonds is 0. The van der Waals surface area contributed by atoms with Crippen LogP contribution in [-0.4, -0.2) is 19.9 Å². The number of hydrogen-bond donors (Lipinski definition) is 0. The number of hydrogen-bond acceptors (Lipinski definition) is 7. The van der Waals surface area contributed by atoms with E-state index >= 15 is 0 Å². The number of aromatic nitrogens is 4. The van der Waals surface area contributed by atoms with Crippen molar-refractivity contribution in [1.29, 1.82) is 5.26 Å². The molecular weight excluding hydrogens is 424 g/mol. The Morgan fingerprint density at radius 2 is 1.09 bits per heavy atom. The third kappa shape index (κ3) is 2.34. The van der Waals surface area contributed by atoms with Crippen LogP contribution in [0.25, 0.3) is 70.6 Å². The first-order valence-electron chi connectivity index (χ1n) is 10.4. The smallest absolute Gasteiger partial charge is 0.206 e. The molecule has 0 aliphatic carbocycles. The average Bonchev–Trinajstić information content (AvgIpc) is 3.33. The highest BCUT2D eigenvalue weighted by molar-refractivity contribution is 6.12. The van der Waals surface area contributed by atoms with E-state index in [2.05, 4.69) is 15.0 Å². The van der Waals surface area contributed by atoms with Crippen molar-refractivity contribution in [1.82, 2.24) is 19.9 Å². The molecule has 5 aromatic carbocycles. The maximum Gasteiger partial charge on any atom is 0.206 e. The van der Waals surface area contributed by atoms with Crippen LogP contribution in [0.1, 0.15) is 0 Å². The summed E-state index contributed by atoms with van der Waals surface area (Å²) in [5.41, 5.74) is 5.16. The van der Waals surface area contributed by atoms with E-state index in [1.165, 1.54) is 0 Å². The summed E-state index contributed by atoms with van der Waals surface area (Å²) in [7, 11) is 0. The van der Waals surface area contributed by atoms with Crippen molar-refractivity contribution in [2.75, 3.05) is 0 Å². The van der Waals surface area contributed by atoms with Gasteiger partial charge < -0.3 is 0 Å². The van der Waals surface area contributed by atoms with E-state index in [0.29, 0.717) is 54.8 Å². The Kier molecular flexibility index (Phi) is 3.53. The van der Waals surface area contributed by atoms with Crippen LogP contribution >= 0.6 is 0 Å². The first-order chi connectivity index (χ1) is 16.8. The summed E-state index contributed by atoms with van der Waals surface area (Å²) < 4.78 is 0. The van der Waals surface area contributed by atoms with Gasteiger partial charge in [0.2, 0.25) is 6.19 Å². The second-order valence-corrected chi connectivity index (χ2v) is 7.87. The molecule has 0 amide bonds. The Morgan fingerprint density at radius 3 is 1.59 bits per heavy atom. The minimum absolute atomic E-state index is 0.525. The summed E-state index contributed by atoms with van der Waals surface area (Å²) in [6, 6.07) is 19.1. The molecule has 7 rings (SSSR count). The molecule has 154 valence electrons. The summed E-state index contributed by atoms with van der Waals surface area (Å²) in [5, 5.41) is 17.8. The van der Waals surface area contributed by atoms with Crippen LogP contribution in [0.15, 0.2) is 70.8 Å². The van der Waals surface area contributed by atoms with Gasteiger partial charge in [-0.25, -0.2) is 19.9 Å². The first kappa shape index (κ1) is 18.3. The van der Waals surface area contributed by atoms with Gasteiger partial charge in [0, 0.05) is 21.5 Å². The van der Waals surface area contributed by atoms with E-state index < -0.39 is 0 Å². The van der Waals surface area contributed by atoms with E-state index in [-0.39, 0.29) is 0 Å². The molecule has 0 bridgehead atoms. The van der Waals surface area contributed by atoms with Gasteiger partial charge in [-0.2, -0.15) is 16.8 Å². The fourth-order valence-electron chi connectivity index (χ4n) is 4.67. The standard InChI is InChI=1S/C26H10N8/c1-28-34-24-16-9-5-4-8-15(16)23-26(24)33-20-11-17-19(10-18(20)31-23)32-25-21(29-12-27)13-6-2-3-7-14(13)22(25)30-17/h2-11H/b29-21?,34-24-. The topological polar surface area (TPSA) is 104 Å². The van der Waals surface area contributed by atoms with Crippen molar-refractivity contribution in [3.8, 4) is 6.19 Å². The van der Waals surface area contributed by atoms with Crippen LogP contribution in [0.5, 0.6) is 0 Å². The molecule has 0 radical (unpaired) electrons. The van der Waals surface area contributed by atoms with Gasteiger partial charge in [-0.15, -0.1) is 4.95 Å². The molecule has 34 heavy (non-hydrogen) atoms. The summed E-state index contributed by atoms with van der Waals surface area (Å²) >= 11 is 0. The zero-order chi connectivity index (χ0) is 22.8. The zero-order valence-electron chi connectivity index (χ0n) is 17.4. The summed E-state index contributed by atoms with van der Waals surface area (Å²) in [5.74, 6) is 0. The molecular formula is C26H10N8. The Morgan fingerprint density at radius 1 is 0.647 bits per heavy atom. The monoisotopic (exact) mass is 434 g/mol. The highest BCUT2D eigenvalue weighted by Gasteiger charge is 2.17. The largest absolute Gasteiger partial charge is 0.244 e. The molecule has 0 saturated carbocycles. The summed E-state index contributed by atoms with van der Waals surface area (Å²) in [4.78, 5) is 26.7. The minimum Gasteiger partial charge on any atom is -0.244 e. The molecule has 2 aromatic heterocycles.